The highest BCUT2D eigenvalue weighted by molar-refractivity contribution is 5.74. The van der Waals surface area contributed by atoms with E-state index in [4.69, 9.17) is 4.74 Å². The summed E-state index contributed by atoms with van der Waals surface area (Å²) in [5.74, 6) is 0. The molecule has 2 unspecified atom stereocenters. The number of hydrogen-bond donors (Lipinski definition) is 2. The Hall–Kier alpha value is -1.60. The number of ether oxygens (including phenoxy) is 1. The molecule has 7 nitrogen and oxygen atoms in total. The van der Waals surface area contributed by atoms with Crippen LogP contribution in [0.1, 0.15) is 13.8 Å². The maximum Gasteiger partial charge on any atom is 0.315 e. The number of urea groups is 1. The molecule has 0 bridgehead atoms. The minimum absolute atomic E-state index is 0.0311. The summed E-state index contributed by atoms with van der Waals surface area (Å²) in [7, 11) is 0. The number of carbonyl (C=O) groups is 1. The van der Waals surface area contributed by atoms with Crippen molar-refractivity contribution in [2.45, 2.75) is 32.5 Å². The summed E-state index contributed by atoms with van der Waals surface area (Å²) in [6.07, 6.45) is 3.62. The first-order valence-corrected chi connectivity index (χ1v) is 7.48. The largest absolute Gasteiger partial charge is 0.379 e. The minimum Gasteiger partial charge on any atom is -0.379 e. The molecule has 2 atom stereocenters. The van der Waals surface area contributed by atoms with Gasteiger partial charge in [0.05, 0.1) is 19.8 Å². The van der Waals surface area contributed by atoms with Crippen LogP contribution >= 0.6 is 0 Å². The number of rotatable bonds is 6. The van der Waals surface area contributed by atoms with Crippen LogP contribution < -0.4 is 10.6 Å². The molecule has 0 radical (unpaired) electrons. The van der Waals surface area contributed by atoms with Gasteiger partial charge in [-0.25, -0.2) is 4.79 Å². The van der Waals surface area contributed by atoms with Crippen LogP contribution in [0.25, 0.3) is 0 Å². The maximum atomic E-state index is 11.9. The van der Waals surface area contributed by atoms with Crippen molar-refractivity contribution in [3.05, 3.63) is 18.5 Å². The third kappa shape index (κ3) is 5.35. The SMILES string of the molecule is CC(Cn1cccn1)NC(=O)NCC(C)N1CCOCC1. The quantitative estimate of drug-likeness (QED) is 0.791. The van der Waals surface area contributed by atoms with Crippen molar-refractivity contribution in [1.82, 2.24) is 25.3 Å². The van der Waals surface area contributed by atoms with Crippen LogP contribution in [0.3, 0.4) is 0 Å². The van der Waals surface area contributed by atoms with Gasteiger partial charge in [0, 0.05) is 44.1 Å². The number of aromatic nitrogens is 2. The van der Waals surface area contributed by atoms with Gasteiger partial charge in [0.15, 0.2) is 0 Å². The van der Waals surface area contributed by atoms with Gasteiger partial charge in [0.2, 0.25) is 0 Å². The molecule has 1 aliphatic rings. The lowest BCUT2D eigenvalue weighted by Gasteiger charge is -2.32. The molecule has 2 N–H and O–H groups in total. The van der Waals surface area contributed by atoms with Crippen molar-refractivity contribution in [3.63, 3.8) is 0 Å². The number of nitrogens with one attached hydrogen (secondary N) is 2. The van der Waals surface area contributed by atoms with Crippen molar-refractivity contribution in [3.8, 4) is 0 Å². The number of amides is 2. The highest BCUT2D eigenvalue weighted by atomic mass is 16.5. The molecular weight excluding hydrogens is 270 g/mol. The molecule has 1 aromatic heterocycles. The van der Waals surface area contributed by atoms with Gasteiger partial charge in [0.25, 0.3) is 0 Å². The fourth-order valence-electron chi connectivity index (χ4n) is 2.40. The van der Waals surface area contributed by atoms with Crippen molar-refractivity contribution < 1.29 is 9.53 Å². The lowest BCUT2D eigenvalue weighted by molar-refractivity contribution is 0.0209. The smallest absolute Gasteiger partial charge is 0.315 e. The number of carbonyl (C=O) groups excluding carboxylic acids is 1. The molecule has 1 fully saturated rings. The third-order valence-electron chi connectivity index (χ3n) is 3.62. The van der Waals surface area contributed by atoms with E-state index in [0.29, 0.717) is 19.1 Å². The van der Waals surface area contributed by atoms with Crippen LogP contribution in [-0.4, -0.2) is 65.6 Å². The fraction of sp³-hybridized carbons (Fsp3) is 0.714. The molecule has 0 aliphatic carbocycles. The fourth-order valence-corrected chi connectivity index (χ4v) is 2.40. The first-order chi connectivity index (χ1) is 10.1. The summed E-state index contributed by atoms with van der Waals surface area (Å²) in [6, 6.07) is 2.09. The Balaban J connectivity index is 1.64. The highest BCUT2D eigenvalue weighted by Gasteiger charge is 2.17. The van der Waals surface area contributed by atoms with Gasteiger partial charge in [-0.3, -0.25) is 9.58 Å². The summed E-state index contributed by atoms with van der Waals surface area (Å²) in [4.78, 5) is 14.2. The van der Waals surface area contributed by atoms with Crippen LogP contribution in [-0.2, 0) is 11.3 Å². The first kappa shape index (κ1) is 15.8. The van der Waals surface area contributed by atoms with Crippen LogP contribution in [0.15, 0.2) is 18.5 Å². The van der Waals surface area contributed by atoms with E-state index in [1.165, 1.54) is 0 Å². The van der Waals surface area contributed by atoms with Crippen LogP contribution in [0.4, 0.5) is 4.79 Å². The van der Waals surface area contributed by atoms with Gasteiger partial charge < -0.3 is 15.4 Å². The second-order valence-electron chi connectivity index (χ2n) is 5.48. The maximum absolute atomic E-state index is 11.9. The van der Waals surface area contributed by atoms with Gasteiger partial charge in [-0.05, 0) is 19.9 Å². The van der Waals surface area contributed by atoms with E-state index in [1.54, 1.807) is 10.9 Å². The normalized spacial score (nSPS) is 19.0. The van der Waals surface area contributed by atoms with E-state index in [9.17, 15) is 4.79 Å². The number of nitrogens with zero attached hydrogens (tertiary/aromatic N) is 3. The van der Waals surface area contributed by atoms with E-state index in [0.717, 1.165) is 26.3 Å². The molecule has 2 heterocycles. The first-order valence-electron chi connectivity index (χ1n) is 7.48. The Labute approximate surface area is 125 Å². The molecule has 21 heavy (non-hydrogen) atoms. The molecule has 2 rings (SSSR count). The molecular formula is C14H25N5O2. The van der Waals surface area contributed by atoms with Crippen LogP contribution in [0.5, 0.6) is 0 Å². The summed E-state index contributed by atoms with van der Waals surface area (Å²) in [5.41, 5.74) is 0. The molecule has 1 aliphatic heterocycles. The molecule has 1 saturated heterocycles. The summed E-state index contributed by atoms with van der Waals surface area (Å²) >= 11 is 0. The molecule has 0 aromatic carbocycles. The van der Waals surface area contributed by atoms with Crippen LogP contribution in [0.2, 0.25) is 0 Å². The number of morpholine rings is 1. The molecule has 0 spiro atoms. The second-order valence-corrected chi connectivity index (χ2v) is 5.48. The third-order valence-corrected chi connectivity index (χ3v) is 3.62. The minimum atomic E-state index is -0.130. The van der Waals surface area contributed by atoms with Gasteiger partial charge in [-0.1, -0.05) is 0 Å². The summed E-state index contributed by atoms with van der Waals surface area (Å²) in [6.45, 7) is 8.81. The number of hydrogen-bond acceptors (Lipinski definition) is 4. The Kier molecular flexibility index (Phi) is 6.01. The van der Waals surface area contributed by atoms with Crippen molar-refractivity contribution in [2.75, 3.05) is 32.8 Å². The van der Waals surface area contributed by atoms with Gasteiger partial charge in [-0.15, -0.1) is 0 Å². The Bertz CT molecular complexity index is 417. The van der Waals surface area contributed by atoms with Gasteiger partial charge in [-0.2, -0.15) is 5.10 Å². The van der Waals surface area contributed by atoms with E-state index in [1.807, 2.05) is 19.2 Å². The van der Waals surface area contributed by atoms with Gasteiger partial charge in [0.1, 0.15) is 0 Å². The Morgan fingerprint density at radius 1 is 1.38 bits per heavy atom. The monoisotopic (exact) mass is 295 g/mol. The Morgan fingerprint density at radius 3 is 2.81 bits per heavy atom. The van der Waals surface area contributed by atoms with Crippen molar-refractivity contribution in [1.29, 1.82) is 0 Å². The topological polar surface area (TPSA) is 71.4 Å². The predicted octanol–water partition coefficient (Wildman–Crippen LogP) is 0.292. The van der Waals surface area contributed by atoms with E-state index in [2.05, 4.69) is 27.6 Å². The van der Waals surface area contributed by atoms with Crippen molar-refractivity contribution >= 4 is 6.03 Å². The van der Waals surface area contributed by atoms with E-state index in [-0.39, 0.29) is 12.1 Å². The zero-order chi connectivity index (χ0) is 15.1. The summed E-state index contributed by atoms with van der Waals surface area (Å²) < 4.78 is 7.14. The lowest BCUT2D eigenvalue weighted by Crippen LogP contribution is -2.50. The van der Waals surface area contributed by atoms with Gasteiger partial charge >= 0.3 is 6.03 Å². The predicted molar refractivity (Wildman–Crippen MR) is 80.1 cm³/mol. The second kappa shape index (κ2) is 7.99. The summed E-state index contributed by atoms with van der Waals surface area (Å²) in [5, 5.41) is 9.98. The molecule has 0 saturated carbocycles. The molecule has 118 valence electrons. The average Bonchev–Trinajstić information content (AvgIpc) is 2.98. The van der Waals surface area contributed by atoms with E-state index < -0.39 is 0 Å². The molecule has 7 heteroatoms. The van der Waals surface area contributed by atoms with Crippen molar-refractivity contribution in [2.24, 2.45) is 0 Å². The van der Waals surface area contributed by atoms with E-state index >= 15 is 0 Å². The standard InChI is InChI=1S/C14H25N5O2/c1-12(11-19-5-3-4-16-19)17-14(20)15-10-13(2)18-6-8-21-9-7-18/h3-5,12-13H,6-11H2,1-2H3,(H2,15,17,20). The average molecular weight is 295 g/mol. The Morgan fingerprint density at radius 2 is 2.14 bits per heavy atom. The van der Waals surface area contributed by atoms with Crippen LogP contribution in [0, 0.1) is 0 Å². The highest BCUT2D eigenvalue weighted by Crippen LogP contribution is 2.02. The zero-order valence-electron chi connectivity index (χ0n) is 12.8. The molecule has 2 amide bonds. The molecule has 1 aromatic rings. The zero-order valence-corrected chi connectivity index (χ0v) is 12.8. The lowest BCUT2D eigenvalue weighted by atomic mass is 10.2.